The molecular weight excluding hydrogens is 240 g/mol. The quantitative estimate of drug-likeness (QED) is 0.531. The van der Waals surface area contributed by atoms with Crippen molar-refractivity contribution in [2.24, 2.45) is 5.41 Å². The van der Waals surface area contributed by atoms with Crippen molar-refractivity contribution in [1.82, 2.24) is 0 Å². The van der Waals surface area contributed by atoms with Gasteiger partial charge in [-0.1, -0.05) is 82.0 Å². The minimum atomic E-state index is 0.137. The first-order valence-electron chi connectivity index (χ1n) is 7.09. The number of hydrogen-bond donors (Lipinski definition) is 0. The summed E-state index contributed by atoms with van der Waals surface area (Å²) in [4.78, 5) is 0. The molecule has 0 nitrogen and oxygen atoms in total. The molecule has 0 saturated carbocycles. The molecule has 0 unspecified atom stereocenters. The maximum absolute atomic E-state index is 4.35. The molecule has 0 radical (unpaired) electrons. The zero-order valence-electron chi connectivity index (χ0n) is 12.4. The highest BCUT2D eigenvalue weighted by Gasteiger charge is 2.08. The van der Waals surface area contributed by atoms with Gasteiger partial charge in [0, 0.05) is 0 Å². The summed E-state index contributed by atoms with van der Waals surface area (Å²) < 4.78 is 0. The van der Waals surface area contributed by atoms with Crippen LogP contribution in [0.4, 0.5) is 0 Å². The molecule has 0 spiro atoms. The first-order chi connectivity index (χ1) is 9.47. The predicted octanol–water partition coefficient (Wildman–Crippen LogP) is 4.23. The van der Waals surface area contributed by atoms with Crippen LogP contribution in [0.15, 0.2) is 48.5 Å². The Morgan fingerprint density at radius 2 is 1.20 bits per heavy atom. The van der Waals surface area contributed by atoms with Gasteiger partial charge in [-0.3, -0.25) is 0 Å². The van der Waals surface area contributed by atoms with Gasteiger partial charge in [0.15, 0.2) is 0 Å². The van der Waals surface area contributed by atoms with Crippen LogP contribution in [0.2, 0.25) is 0 Å². The van der Waals surface area contributed by atoms with Gasteiger partial charge < -0.3 is 0 Å². The fourth-order valence-electron chi connectivity index (χ4n) is 2.84. The normalized spacial score (nSPS) is 13.2. The van der Waals surface area contributed by atoms with E-state index < -0.39 is 0 Å². The molecule has 0 heteroatoms. The van der Waals surface area contributed by atoms with Gasteiger partial charge in [-0.25, -0.2) is 0 Å². The molecule has 0 aliphatic rings. The van der Waals surface area contributed by atoms with Gasteiger partial charge >= 0.3 is 0 Å². The molecule has 0 atom stereocenters. The maximum Gasteiger partial charge on any atom is -0.00991 e. The van der Waals surface area contributed by atoms with Crippen LogP contribution in [0.5, 0.6) is 0 Å². The summed E-state index contributed by atoms with van der Waals surface area (Å²) in [5.41, 5.74) is 0.137. The van der Waals surface area contributed by atoms with E-state index in [0.717, 1.165) is 5.22 Å². The highest BCUT2D eigenvalue weighted by Crippen LogP contribution is 2.21. The van der Waals surface area contributed by atoms with Crippen LogP contribution in [0.1, 0.15) is 20.8 Å². The van der Waals surface area contributed by atoms with Crippen molar-refractivity contribution in [3.05, 3.63) is 59.0 Å². The molecule has 20 heavy (non-hydrogen) atoms. The van der Waals surface area contributed by atoms with Gasteiger partial charge in [0.2, 0.25) is 0 Å². The van der Waals surface area contributed by atoms with Gasteiger partial charge in [0.1, 0.15) is 0 Å². The summed E-state index contributed by atoms with van der Waals surface area (Å²) in [6, 6.07) is 17.2. The van der Waals surface area contributed by atoms with Crippen molar-refractivity contribution >= 4 is 34.2 Å². The summed E-state index contributed by atoms with van der Waals surface area (Å²) in [6.45, 7) is 11.0. The van der Waals surface area contributed by atoms with Crippen molar-refractivity contribution in [3.63, 3.8) is 0 Å². The van der Waals surface area contributed by atoms with Crippen molar-refractivity contribution in [3.8, 4) is 0 Å². The molecule has 0 aromatic heterocycles. The van der Waals surface area contributed by atoms with E-state index in [0.29, 0.717) is 0 Å². The fourth-order valence-corrected chi connectivity index (χ4v) is 2.84. The highest BCUT2D eigenvalue weighted by atomic mass is 14.1. The Hall–Kier alpha value is -2.08. The second kappa shape index (κ2) is 4.49. The second-order valence-corrected chi connectivity index (χ2v) is 6.49. The van der Waals surface area contributed by atoms with Crippen LogP contribution >= 0.6 is 0 Å². The van der Waals surface area contributed by atoms with E-state index in [-0.39, 0.29) is 5.41 Å². The smallest absolute Gasteiger partial charge is 0.00991 e. The van der Waals surface area contributed by atoms with Crippen LogP contribution in [0.3, 0.4) is 0 Å². The third-order valence-corrected chi connectivity index (χ3v) is 3.66. The largest absolute Gasteiger partial charge is 0.0905 e. The molecule has 0 saturated heterocycles. The standard InChI is InChI=1S/C20H20/c1-14-15-9-5-6-10-16(15)17-11-7-8-12-18(17)19(14)13-20(2,3)4/h5-13H,1H2,2-4H3/b19-13+. The Labute approximate surface area is 120 Å². The molecule has 3 aromatic carbocycles. The molecule has 3 aromatic rings. The second-order valence-electron chi connectivity index (χ2n) is 6.49. The van der Waals surface area contributed by atoms with Gasteiger partial charge in [0.05, 0.1) is 0 Å². The minimum absolute atomic E-state index is 0.137. The van der Waals surface area contributed by atoms with Crippen LogP contribution < -0.4 is 10.4 Å². The van der Waals surface area contributed by atoms with E-state index >= 15 is 0 Å². The van der Waals surface area contributed by atoms with Crippen LogP contribution in [-0.4, -0.2) is 0 Å². The summed E-state index contributed by atoms with van der Waals surface area (Å²) in [7, 11) is 0. The van der Waals surface area contributed by atoms with Crippen LogP contribution in [-0.2, 0) is 0 Å². The topological polar surface area (TPSA) is 0 Å². The lowest BCUT2D eigenvalue weighted by atomic mass is 9.91. The molecule has 0 fully saturated rings. The van der Waals surface area contributed by atoms with E-state index in [1.54, 1.807) is 0 Å². The van der Waals surface area contributed by atoms with Gasteiger partial charge in [0.25, 0.3) is 0 Å². The third kappa shape index (κ3) is 2.12. The highest BCUT2D eigenvalue weighted by molar-refractivity contribution is 6.07. The first kappa shape index (κ1) is 12.9. The molecule has 3 rings (SSSR count). The zero-order valence-corrected chi connectivity index (χ0v) is 12.4. The molecular formula is C20H20. The monoisotopic (exact) mass is 260 g/mol. The summed E-state index contributed by atoms with van der Waals surface area (Å²) in [5, 5.41) is 7.55. The Balaban J connectivity index is 2.66. The van der Waals surface area contributed by atoms with E-state index in [4.69, 9.17) is 0 Å². The molecule has 0 bridgehead atoms. The lowest BCUT2D eigenvalue weighted by Crippen LogP contribution is -2.27. The Morgan fingerprint density at radius 1 is 0.750 bits per heavy atom. The van der Waals surface area contributed by atoms with Crippen LogP contribution in [0, 0.1) is 5.41 Å². The van der Waals surface area contributed by atoms with E-state index in [1.165, 1.54) is 26.8 Å². The van der Waals surface area contributed by atoms with Gasteiger partial charge in [-0.05, 0) is 37.4 Å². The molecule has 0 aliphatic heterocycles. The summed E-state index contributed by atoms with van der Waals surface area (Å²) >= 11 is 0. The molecule has 0 N–H and O–H groups in total. The zero-order chi connectivity index (χ0) is 14.3. The Bertz CT molecular complexity index is 893. The van der Waals surface area contributed by atoms with E-state index in [2.05, 4.69) is 82.0 Å². The summed E-state index contributed by atoms with van der Waals surface area (Å²) in [5.74, 6) is 0. The molecule has 0 aliphatic carbocycles. The Kier molecular flexibility index (Phi) is 2.90. The fraction of sp³-hybridized carbons (Fsp3) is 0.200. The van der Waals surface area contributed by atoms with Gasteiger partial charge in [-0.15, -0.1) is 0 Å². The number of hydrogen-bond acceptors (Lipinski definition) is 0. The SMILES string of the molecule is C=c1/c(=C\C(C)(C)C)c2ccccc2c2ccccc12. The van der Waals surface area contributed by atoms with Crippen molar-refractivity contribution in [2.75, 3.05) is 0 Å². The third-order valence-electron chi connectivity index (χ3n) is 3.66. The van der Waals surface area contributed by atoms with Crippen molar-refractivity contribution < 1.29 is 0 Å². The van der Waals surface area contributed by atoms with Crippen LogP contribution in [0.25, 0.3) is 34.2 Å². The minimum Gasteiger partial charge on any atom is -0.0905 e. The predicted molar refractivity (Wildman–Crippen MR) is 90.1 cm³/mol. The van der Waals surface area contributed by atoms with Crippen molar-refractivity contribution in [2.45, 2.75) is 20.8 Å². The summed E-state index contributed by atoms with van der Waals surface area (Å²) in [6.07, 6.45) is 2.34. The maximum atomic E-state index is 4.35. The number of benzene rings is 3. The van der Waals surface area contributed by atoms with Crippen molar-refractivity contribution in [1.29, 1.82) is 0 Å². The molecule has 100 valence electrons. The average molecular weight is 260 g/mol. The first-order valence-corrected chi connectivity index (χ1v) is 7.09. The molecule has 0 amide bonds. The number of rotatable bonds is 0. The molecule has 0 heterocycles. The van der Waals surface area contributed by atoms with E-state index in [1.807, 2.05) is 0 Å². The average Bonchev–Trinajstić information content (AvgIpc) is 2.42. The van der Waals surface area contributed by atoms with E-state index in [9.17, 15) is 0 Å². The lowest BCUT2D eigenvalue weighted by molar-refractivity contribution is 0.584. The van der Waals surface area contributed by atoms with Gasteiger partial charge in [-0.2, -0.15) is 0 Å². The number of fused-ring (bicyclic) bond motifs is 3. The lowest BCUT2D eigenvalue weighted by Gasteiger charge is -2.14. The Morgan fingerprint density at radius 3 is 1.75 bits per heavy atom.